The summed E-state index contributed by atoms with van der Waals surface area (Å²) in [7, 11) is 0. The van der Waals surface area contributed by atoms with Gasteiger partial charge in [-0.3, -0.25) is 4.79 Å². The Morgan fingerprint density at radius 2 is 2.25 bits per heavy atom. The SMILES string of the molecule is CCNCCC(=O)Nc1cccc(SC)c1. The van der Waals surface area contributed by atoms with E-state index in [2.05, 4.69) is 10.6 Å². The van der Waals surface area contributed by atoms with Crippen LogP contribution in [0.4, 0.5) is 5.69 Å². The first-order valence-electron chi connectivity index (χ1n) is 5.41. The minimum absolute atomic E-state index is 0.0548. The molecular formula is C12H18N2OS. The fraction of sp³-hybridized carbons (Fsp3) is 0.417. The maximum absolute atomic E-state index is 11.5. The van der Waals surface area contributed by atoms with Crippen LogP contribution in [0.5, 0.6) is 0 Å². The first-order chi connectivity index (χ1) is 7.76. The zero-order chi connectivity index (χ0) is 11.8. The van der Waals surface area contributed by atoms with Crippen LogP contribution in [0.25, 0.3) is 0 Å². The molecule has 16 heavy (non-hydrogen) atoms. The lowest BCUT2D eigenvalue weighted by atomic mass is 10.3. The second-order valence-corrected chi connectivity index (χ2v) is 4.26. The zero-order valence-electron chi connectivity index (χ0n) is 9.75. The van der Waals surface area contributed by atoms with E-state index in [9.17, 15) is 4.79 Å². The molecule has 88 valence electrons. The van der Waals surface area contributed by atoms with E-state index in [0.29, 0.717) is 6.42 Å². The highest BCUT2D eigenvalue weighted by Crippen LogP contribution is 2.18. The summed E-state index contributed by atoms with van der Waals surface area (Å²) in [6.07, 6.45) is 2.53. The van der Waals surface area contributed by atoms with E-state index in [1.807, 2.05) is 37.4 Å². The summed E-state index contributed by atoms with van der Waals surface area (Å²) in [5, 5.41) is 6.01. The van der Waals surface area contributed by atoms with E-state index in [0.717, 1.165) is 23.7 Å². The van der Waals surface area contributed by atoms with Crippen LogP contribution in [0, 0.1) is 0 Å². The third kappa shape index (κ3) is 4.68. The van der Waals surface area contributed by atoms with Crippen molar-refractivity contribution in [2.75, 3.05) is 24.7 Å². The van der Waals surface area contributed by atoms with Crippen LogP contribution in [0.3, 0.4) is 0 Å². The molecule has 0 aliphatic heterocycles. The highest BCUT2D eigenvalue weighted by Gasteiger charge is 2.01. The van der Waals surface area contributed by atoms with E-state index in [-0.39, 0.29) is 5.91 Å². The van der Waals surface area contributed by atoms with Gasteiger partial charge in [0.2, 0.25) is 5.91 Å². The number of thioether (sulfide) groups is 1. The molecule has 1 rings (SSSR count). The second kappa shape index (κ2) is 7.30. The summed E-state index contributed by atoms with van der Waals surface area (Å²) in [6, 6.07) is 7.87. The molecule has 0 aliphatic rings. The molecule has 4 heteroatoms. The lowest BCUT2D eigenvalue weighted by Gasteiger charge is -2.06. The molecule has 0 spiro atoms. The number of hydrogen-bond donors (Lipinski definition) is 2. The zero-order valence-corrected chi connectivity index (χ0v) is 10.6. The standard InChI is InChI=1S/C12H18N2OS/c1-3-13-8-7-12(15)14-10-5-4-6-11(9-10)16-2/h4-6,9,13H,3,7-8H2,1-2H3,(H,14,15). The van der Waals surface area contributed by atoms with Gasteiger partial charge in [0.25, 0.3) is 0 Å². The van der Waals surface area contributed by atoms with Crippen LogP contribution in [-0.2, 0) is 4.79 Å². The molecule has 0 aliphatic carbocycles. The van der Waals surface area contributed by atoms with Gasteiger partial charge < -0.3 is 10.6 Å². The maximum atomic E-state index is 11.5. The van der Waals surface area contributed by atoms with Crippen molar-refractivity contribution in [3.63, 3.8) is 0 Å². The Morgan fingerprint density at radius 3 is 2.94 bits per heavy atom. The Morgan fingerprint density at radius 1 is 1.44 bits per heavy atom. The number of rotatable bonds is 6. The molecule has 0 atom stereocenters. The van der Waals surface area contributed by atoms with E-state index in [1.54, 1.807) is 11.8 Å². The number of hydrogen-bond acceptors (Lipinski definition) is 3. The molecule has 1 aromatic carbocycles. The van der Waals surface area contributed by atoms with Crippen molar-refractivity contribution in [1.82, 2.24) is 5.32 Å². The summed E-state index contributed by atoms with van der Waals surface area (Å²) in [5.41, 5.74) is 0.869. The molecule has 0 fully saturated rings. The molecule has 0 saturated carbocycles. The number of carbonyl (C=O) groups is 1. The number of anilines is 1. The van der Waals surface area contributed by atoms with Crippen LogP contribution < -0.4 is 10.6 Å². The van der Waals surface area contributed by atoms with E-state index in [1.165, 1.54) is 0 Å². The molecule has 0 aromatic heterocycles. The lowest BCUT2D eigenvalue weighted by Crippen LogP contribution is -2.21. The molecule has 1 aromatic rings. The number of carbonyl (C=O) groups excluding carboxylic acids is 1. The Bertz CT molecular complexity index is 342. The molecule has 2 N–H and O–H groups in total. The molecule has 0 unspecified atom stereocenters. The first-order valence-corrected chi connectivity index (χ1v) is 6.63. The molecule has 1 amide bonds. The van der Waals surface area contributed by atoms with E-state index in [4.69, 9.17) is 0 Å². The van der Waals surface area contributed by atoms with Crippen molar-refractivity contribution < 1.29 is 4.79 Å². The van der Waals surface area contributed by atoms with Gasteiger partial charge >= 0.3 is 0 Å². The fourth-order valence-corrected chi connectivity index (χ4v) is 1.76. The molecule has 0 heterocycles. The number of nitrogens with one attached hydrogen (secondary N) is 2. The molecule has 3 nitrogen and oxygen atoms in total. The van der Waals surface area contributed by atoms with Crippen molar-refractivity contribution in [2.45, 2.75) is 18.2 Å². The monoisotopic (exact) mass is 238 g/mol. The van der Waals surface area contributed by atoms with Gasteiger partial charge in [0.05, 0.1) is 0 Å². The van der Waals surface area contributed by atoms with Gasteiger partial charge in [-0.2, -0.15) is 0 Å². The summed E-state index contributed by atoms with van der Waals surface area (Å²) in [5.74, 6) is 0.0548. The van der Waals surface area contributed by atoms with E-state index >= 15 is 0 Å². The van der Waals surface area contributed by atoms with Crippen molar-refractivity contribution in [3.05, 3.63) is 24.3 Å². The molecule has 0 bridgehead atoms. The van der Waals surface area contributed by atoms with Crippen LogP contribution in [0.15, 0.2) is 29.2 Å². The Hall–Kier alpha value is -1.00. The predicted octanol–water partition coefficient (Wildman–Crippen LogP) is 2.35. The van der Waals surface area contributed by atoms with Gasteiger partial charge in [-0.05, 0) is 31.0 Å². The van der Waals surface area contributed by atoms with Gasteiger partial charge in [-0.25, -0.2) is 0 Å². The topological polar surface area (TPSA) is 41.1 Å². The van der Waals surface area contributed by atoms with Gasteiger partial charge in [0.15, 0.2) is 0 Å². The first kappa shape index (κ1) is 13.1. The quantitative estimate of drug-likeness (QED) is 0.590. The third-order valence-corrected chi connectivity index (χ3v) is 2.86. The van der Waals surface area contributed by atoms with Gasteiger partial charge in [-0.1, -0.05) is 13.0 Å². The van der Waals surface area contributed by atoms with Crippen molar-refractivity contribution >= 4 is 23.4 Å². The summed E-state index contributed by atoms with van der Waals surface area (Å²) < 4.78 is 0. The highest BCUT2D eigenvalue weighted by molar-refractivity contribution is 7.98. The highest BCUT2D eigenvalue weighted by atomic mass is 32.2. The minimum Gasteiger partial charge on any atom is -0.326 e. The molecule has 0 radical (unpaired) electrons. The van der Waals surface area contributed by atoms with Gasteiger partial charge in [0.1, 0.15) is 0 Å². The summed E-state index contributed by atoms with van der Waals surface area (Å²) in [4.78, 5) is 12.7. The normalized spacial score (nSPS) is 10.1. The summed E-state index contributed by atoms with van der Waals surface area (Å²) >= 11 is 1.67. The molecule has 0 saturated heterocycles. The number of amides is 1. The lowest BCUT2D eigenvalue weighted by molar-refractivity contribution is -0.116. The van der Waals surface area contributed by atoms with Crippen molar-refractivity contribution in [1.29, 1.82) is 0 Å². The third-order valence-electron chi connectivity index (χ3n) is 2.13. The maximum Gasteiger partial charge on any atom is 0.225 e. The van der Waals surface area contributed by atoms with Crippen LogP contribution in [0.2, 0.25) is 0 Å². The van der Waals surface area contributed by atoms with Crippen LogP contribution >= 0.6 is 11.8 Å². The van der Waals surface area contributed by atoms with Crippen molar-refractivity contribution in [3.8, 4) is 0 Å². The van der Waals surface area contributed by atoms with Gasteiger partial charge in [0, 0.05) is 23.5 Å². The Balaban J connectivity index is 2.43. The minimum atomic E-state index is 0.0548. The smallest absolute Gasteiger partial charge is 0.225 e. The van der Waals surface area contributed by atoms with E-state index < -0.39 is 0 Å². The van der Waals surface area contributed by atoms with Crippen LogP contribution in [0.1, 0.15) is 13.3 Å². The largest absolute Gasteiger partial charge is 0.326 e. The van der Waals surface area contributed by atoms with Crippen LogP contribution in [-0.4, -0.2) is 25.3 Å². The van der Waals surface area contributed by atoms with Gasteiger partial charge in [-0.15, -0.1) is 11.8 Å². The second-order valence-electron chi connectivity index (χ2n) is 3.38. The number of benzene rings is 1. The molecular weight excluding hydrogens is 220 g/mol. The average molecular weight is 238 g/mol. The Kier molecular flexibility index (Phi) is 5.96. The van der Waals surface area contributed by atoms with Crippen molar-refractivity contribution in [2.24, 2.45) is 0 Å². The fourth-order valence-electron chi connectivity index (χ4n) is 1.30. The Labute approximate surface area is 101 Å². The predicted molar refractivity (Wildman–Crippen MR) is 70.0 cm³/mol. The summed E-state index contributed by atoms with van der Waals surface area (Å²) in [6.45, 7) is 3.65. The average Bonchev–Trinajstić information content (AvgIpc) is 2.29.